The summed E-state index contributed by atoms with van der Waals surface area (Å²) in [6, 6.07) is 6.63. The van der Waals surface area contributed by atoms with Crippen molar-refractivity contribution in [3.8, 4) is 5.75 Å². The average Bonchev–Trinajstić information content (AvgIpc) is 2.81. The lowest BCUT2D eigenvalue weighted by Crippen LogP contribution is -2.21. The van der Waals surface area contributed by atoms with Crippen LogP contribution in [0, 0.1) is 0 Å². The molecule has 2 rings (SSSR count). The van der Waals surface area contributed by atoms with Crippen molar-refractivity contribution in [2.75, 3.05) is 0 Å². The van der Waals surface area contributed by atoms with Gasteiger partial charge in [0.25, 0.3) is 0 Å². The summed E-state index contributed by atoms with van der Waals surface area (Å²) in [5.41, 5.74) is 1.23. The largest absolute Gasteiger partial charge is 0.485 e. The molecule has 0 spiro atoms. The Balaban J connectivity index is 1.97. The third kappa shape index (κ3) is 4.08. The zero-order chi connectivity index (χ0) is 14.5. The summed E-state index contributed by atoms with van der Waals surface area (Å²) in [4.78, 5) is 4.24. The molecule has 0 saturated carbocycles. The molecule has 4 nitrogen and oxygen atoms in total. The number of benzene rings is 1. The highest BCUT2D eigenvalue weighted by Crippen LogP contribution is 2.26. The van der Waals surface area contributed by atoms with Crippen molar-refractivity contribution in [3.05, 3.63) is 46.5 Å². The number of rotatable bonds is 6. The summed E-state index contributed by atoms with van der Waals surface area (Å²) in [7, 11) is 1.96. The molecule has 108 valence electrons. The van der Waals surface area contributed by atoms with Crippen LogP contribution in [0.25, 0.3) is 0 Å². The first kappa shape index (κ1) is 15.1. The zero-order valence-electron chi connectivity index (χ0n) is 12.1. The van der Waals surface area contributed by atoms with Crippen LogP contribution < -0.4 is 10.1 Å². The topological polar surface area (TPSA) is 39.1 Å². The van der Waals surface area contributed by atoms with E-state index in [0.29, 0.717) is 12.6 Å². The van der Waals surface area contributed by atoms with Gasteiger partial charge in [-0.25, -0.2) is 4.98 Å². The number of nitrogens with one attached hydrogen (secondary N) is 1. The van der Waals surface area contributed by atoms with Gasteiger partial charge < -0.3 is 14.6 Å². The zero-order valence-corrected chi connectivity index (χ0v) is 13.6. The van der Waals surface area contributed by atoms with Crippen LogP contribution in [0.15, 0.2) is 35.1 Å². The van der Waals surface area contributed by atoms with E-state index in [1.54, 1.807) is 6.20 Å². The molecule has 20 heavy (non-hydrogen) atoms. The second-order valence-electron chi connectivity index (χ2n) is 5.04. The van der Waals surface area contributed by atoms with E-state index in [0.717, 1.165) is 22.6 Å². The van der Waals surface area contributed by atoms with Gasteiger partial charge in [0, 0.05) is 32.0 Å². The SMILES string of the molecule is CC(C)NCc1ccc(OCc2nccn2C)c(Br)c1. The van der Waals surface area contributed by atoms with Crippen LogP contribution >= 0.6 is 15.9 Å². The summed E-state index contributed by atoms with van der Waals surface area (Å²) in [5, 5.41) is 3.40. The van der Waals surface area contributed by atoms with E-state index in [4.69, 9.17) is 4.74 Å². The van der Waals surface area contributed by atoms with Gasteiger partial charge in [-0.1, -0.05) is 19.9 Å². The highest BCUT2D eigenvalue weighted by Gasteiger charge is 2.05. The molecule has 1 N–H and O–H groups in total. The molecule has 5 heteroatoms. The van der Waals surface area contributed by atoms with E-state index >= 15 is 0 Å². The third-order valence-corrected chi connectivity index (χ3v) is 3.61. The van der Waals surface area contributed by atoms with Crippen LogP contribution in [0.4, 0.5) is 0 Å². The fraction of sp³-hybridized carbons (Fsp3) is 0.400. The molecule has 1 heterocycles. The molecule has 1 aromatic heterocycles. The second kappa shape index (κ2) is 6.90. The van der Waals surface area contributed by atoms with Gasteiger partial charge in [0.15, 0.2) is 0 Å². The molecule has 0 unspecified atom stereocenters. The minimum absolute atomic E-state index is 0.464. The van der Waals surface area contributed by atoms with Crippen molar-refractivity contribution < 1.29 is 4.74 Å². The molecule has 0 saturated heterocycles. The van der Waals surface area contributed by atoms with Crippen molar-refractivity contribution in [2.24, 2.45) is 7.05 Å². The fourth-order valence-electron chi connectivity index (χ4n) is 1.77. The van der Waals surface area contributed by atoms with Crippen LogP contribution in [-0.4, -0.2) is 15.6 Å². The first-order chi connectivity index (χ1) is 9.56. The number of hydrogen-bond acceptors (Lipinski definition) is 3. The molecular weight excluding hydrogens is 318 g/mol. The Bertz CT molecular complexity index is 566. The number of nitrogens with zero attached hydrogens (tertiary/aromatic N) is 2. The second-order valence-corrected chi connectivity index (χ2v) is 5.90. The van der Waals surface area contributed by atoms with E-state index in [1.165, 1.54) is 5.56 Å². The summed E-state index contributed by atoms with van der Waals surface area (Å²) < 4.78 is 8.71. The molecule has 1 aromatic carbocycles. The minimum atomic E-state index is 0.464. The van der Waals surface area contributed by atoms with Crippen LogP contribution in [0.2, 0.25) is 0 Å². The van der Waals surface area contributed by atoms with Crippen molar-refractivity contribution in [3.63, 3.8) is 0 Å². The van der Waals surface area contributed by atoms with Gasteiger partial charge in [-0.05, 0) is 33.6 Å². The average molecular weight is 338 g/mol. The van der Waals surface area contributed by atoms with E-state index in [2.05, 4.69) is 52.2 Å². The molecule has 2 aromatic rings. The maximum atomic E-state index is 5.79. The summed E-state index contributed by atoms with van der Waals surface area (Å²) in [6.45, 7) is 5.60. The predicted molar refractivity (Wildman–Crippen MR) is 83.7 cm³/mol. The fourth-order valence-corrected chi connectivity index (χ4v) is 2.31. The van der Waals surface area contributed by atoms with Crippen molar-refractivity contribution >= 4 is 15.9 Å². The monoisotopic (exact) mass is 337 g/mol. The molecule has 0 aliphatic heterocycles. The van der Waals surface area contributed by atoms with E-state index < -0.39 is 0 Å². The summed E-state index contributed by atoms with van der Waals surface area (Å²) >= 11 is 3.56. The highest BCUT2D eigenvalue weighted by molar-refractivity contribution is 9.10. The first-order valence-corrected chi connectivity index (χ1v) is 7.46. The van der Waals surface area contributed by atoms with E-state index in [1.807, 2.05) is 23.9 Å². The standard InChI is InChI=1S/C15H20BrN3O/c1-11(2)18-9-12-4-5-14(13(16)8-12)20-10-15-17-6-7-19(15)3/h4-8,11,18H,9-10H2,1-3H3. The summed E-state index contributed by atoms with van der Waals surface area (Å²) in [6.07, 6.45) is 3.68. The molecule has 0 radical (unpaired) electrons. The third-order valence-electron chi connectivity index (χ3n) is 2.99. The number of imidazole rings is 1. The van der Waals surface area contributed by atoms with Crippen LogP contribution in [0.1, 0.15) is 25.2 Å². The Hall–Kier alpha value is -1.33. The molecule has 0 aliphatic rings. The number of aromatic nitrogens is 2. The van der Waals surface area contributed by atoms with Gasteiger partial charge >= 0.3 is 0 Å². The molecule has 0 fully saturated rings. The lowest BCUT2D eigenvalue weighted by atomic mass is 10.2. The van der Waals surface area contributed by atoms with Crippen molar-refractivity contribution in [1.29, 1.82) is 0 Å². The van der Waals surface area contributed by atoms with Gasteiger partial charge in [0.1, 0.15) is 18.2 Å². The lowest BCUT2D eigenvalue weighted by molar-refractivity contribution is 0.290. The number of halogens is 1. The first-order valence-electron chi connectivity index (χ1n) is 6.67. The van der Waals surface area contributed by atoms with Gasteiger partial charge in [-0.2, -0.15) is 0 Å². The Morgan fingerprint density at radius 3 is 2.80 bits per heavy atom. The van der Waals surface area contributed by atoms with Crippen LogP contribution in [-0.2, 0) is 20.2 Å². The van der Waals surface area contributed by atoms with E-state index in [9.17, 15) is 0 Å². The summed E-state index contributed by atoms with van der Waals surface area (Å²) in [5.74, 6) is 1.74. The Kier molecular flexibility index (Phi) is 5.20. The van der Waals surface area contributed by atoms with Gasteiger partial charge in [0.05, 0.1) is 4.47 Å². The smallest absolute Gasteiger partial charge is 0.146 e. The van der Waals surface area contributed by atoms with Crippen LogP contribution in [0.3, 0.4) is 0 Å². The quantitative estimate of drug-likeness (QED) is 0.879. The molecule has 0 aliphatic carbocycles. The Morgan fingerprint density at radius 1 is 1.40 bits per heavy atom. The molecule has 0 amide bonds. The Labute approximate surface area is 128 Å². The predicted octanol–water partition coefficient (Wildman–Crippen LogP) is 3.26. The minimum Gasteiger partial charge on any atom is -0.485 e. The number of hydrogen-bond donors (Lipinski definition) is 1. The van der Waals surface area contributed by atoms with Crippen molar-refractivity contribution in [2.45, 2.75) is 33.0 Å². The number of aryl methyl sites for hydroxylation is 1. The van der Waals surface area contributed by atoms with Crippen molar-refractivity contribution in [1.82, 2.24) is 14.9 Å². The Morgan fingerprint density at radius 2 is 2.20 bits per heavy atom. The van der Waals surface area contributed by atoms with Gasteiger partial charge in [-0.3, -0.25) is 0 Å². The normalized spacial score (nSPS) is 11.1. The molecular formula is C15H20BrN3O. The highest BCUT2D eigenvalue weighted by atomic mass is 79.9. The maximum Gasteiger partial charge on any atom is 0.146 e. The molecule has 0 bridgehead atoms. The van der Waals surface area contributed by atoms with Gasteiger partial charge in [-0.15, -0.1) is 0 Å². The molecule has 0 atom stereocenters. The van der Waals surface area contributed by atoms with Crippen LogP contribution in [0.5, 0.6) is 5.75 Å². The number of ether oxygens (including phenoxy) is 1. The maximum absolute atomic E-state index is 5.79. The van der Waals surface area contributed by atoms with Gasteiger partial charge in [0.2, 0.25) is 0 Å². The lowest BCUT2D eigenvalue weighted by Gasteiger charge is -2.11. The van der Waals surface area contributed by atoms with E-state index in [-0.39, 0.29) is 0 Å².